The van der Waals surface area contributed by atoms with E-state index in [-0.39, 0.29) is 0 Å². The van der Waals surface area contributed by atoms with Gasteiger partial charge in [0.1, 0.15) is 5.82 Å². The lowest BCUT2D eigenvalue weighted by molar-refractivity contribution is 0.681. The lowest BCUT2D eigenvalue weighted by Gasteiger charge is -2.02. The Balaban J connectivity index is 1.94. The topological polar surface area (TPSA) is 28.7 Å². The summed E-state index contributed by atoms with van der Waals surface area (Å²) in [5.41, 5.74) is 3.54. The molecule has 3 rings (SSSR count). The third kappa shape index (κ3) is 2.19. The molecule has 0 bridgehead atoms. The highest BCUT2D eigenvalue weighted by molar-refractivity contribution is 6.18. The number of aromatic amines is 1. The monoisotopic (exact) mass is 248 g/mol. The second-order valence-electron chi connectivity index (χ2n) is 4.89. The Hall–Kier alpha value is -1.02. The highest BCUT2D eigenvalue weighted by Gasteiger charge is 2.20. The van der Waals surface area contributed by atoms with E-state index in [2.05, 4.69) is 23.2 Å². The fourth-order valence-corrected chi connectivity index (χ4v) is 2.95. The summed E-state index contributed by atoms with van der Waals surface area (Å²) in [5, 5.41) is 0. The summed E-state index contributed by atoms with van der Waals surface area (Å²) in [4.78, 5) is 8.19. The van der Waals surface area contributed by atoms with Crippen molar-refractivity contribution < 1.29 is 0 Å². The Bertz CT molecular complexity index is 512. The van der Waals surface area contributed by atoms with E-state index >= 15 is 0 Å². The second kappa shape index (κ2) is 4.69. The molecule has 1 heterocycles. The third-order valence-electron chi connectivity index (χ3n) is 3.69. The molecule has 0 radical (unpaired) electrons. The largest absolute Gasteiger partial charge is 0.342 e. The lowest BCUT2D eigenvalue weighted by atomic mass is 10.1. The normalized spacial score (nSPS) is 17.0. The number of rotatable bonds is 3. The number of H-pyrrole nitrogens is 1. The smallest absolute Gasteiger partial charge is 0.110 e. The molecule has 1 aromatic carbocycles. The summed E-state index contributed by atoms with van der Waals surface area (Å²) in [6.45, 7) is 0. The van der Waals surface area contributed by atoms with Crippen molar-refractivity contribution in [2.45, 2.75) is 38.0 Å². The van der Waals surface area contributed by atoms with Gasteiger partial charge in [0, 0.05) is 11.8 Å². The summed E-state index contributed by atoms with van der Waals surface area (Å²) in [6.07, 6.45) is 6.19. The SMILES string of the molecule is ClCCc1ccc2nc(C3CCCC3)[nH]c2c1. The quantitative estimate of drug-likeness (QED) is 0.818. The average Bonchev–Trinajstić information content (AvgIpc) is 2.97. The number of aromatic nitrogens is 2. The zero-order valence-corrected chi connectivity index (χ0v) is 10.6. The van der Waals surface area contributed by atoms with E-state index in [1.807, 2.05) is 0 Å². The van der Waals surface area contributed by atoms with Crippen LogP contribution in [0.2, 0.25) is 0 Å². The molecule has 2 aromatic rings. The van der Waals surface area contributed by atoms with Gasteiger partial charge in [0.15, 0.2) is 0 Å². The number of benzene rings is 1. The predicted molar refractivity (Wildman–Crippen MR) is 71.7 cm³/mol. The van der Waals surface area contributed by atoms with Crippen LogP contribution in [0.15, 0.2) is 18.2 Å². The molecule has 1 aromatic heterocycles. The first kappa shape index (κ1) is 11.1. The zero-order valence-electron chi connectivity index (χ0n) is 9.88. The molecule has 0 aliphatic heterocycles. The van der Waals surface area contributed by atoms with Gasteiger partial charge in [-0.25, -0.2) is 4.98 Å². The van der Waals surface area contributed by atoms with Gasteiger partial charge in [-0.2, -0.15) is 0 Å². The van der Waals surface area contributed by atoms with Crippen molar-refractivity contribution in [1.29, 1.82) is 0 Å². The van der Waals surface area contributed by atoms with E-state index in [4.69, 9.17) is 16.6 Å². The number of nitrogens with zero attached hydrogens (tertiary/aromatic N) is 1. The number of fused-ring (bicyclic) bond motifs is 1. The molecular formula is C14H17ClN2. The number of imidazole rings is 1. The van der Waals surface area contributed by atoms with Gasteiger partial charge in [-0.1, -0.05) is 18.9 Å². The minimum absolute atomic E-state index is 0.652. The van der Waals surface area contributed by atoms with Crippen molar-refractivity contribution in [3.8, 4) is 0 Å². The van der Waals surface area contributed by atoms with Crippen molar-refractivity contribution >= 4 is 22.6 Å². The Morgan fingerprint density at radius 3 is 2.88 bits per heavy atom. The maximum Gasteiger partial charge on any atom is 0.110 e. The van der Waals surface area contributed by atoms with Crippen LogP contribution in [-0.2, 0) is 6.42 Å². The fourth-order valence-electron chi connectivity index (χ4n) is 2.73. The molecule has 0 amide bonds. The molecule has 0 unspecified atom stereocenters. The Morgan fingerprint density at radius 1 is 1.29 bits per heavy atom. The van der Waals surface area contributed by atoms with Crippen molar-refractivity contribution in [2.75, 3.05) is 5.88 Å². The molecule has 0 saturated heterocycles. The standard InChI is InChI=1S/C14H17ClN2/c15-8-7-10-5-6-12-13(9-10)17-14(16-12)11-3-1-2-4-11/h5-6,9,11H,1-4,7-8H2,(H,16,17). The summed E-state index contributed by atoms with van der Waals surface area (Å²) < 4.78 is 0. The van der Waals surface area contributed by atoms with E-state index in [0.29, 0.717) is 11.8 Å². The first-order chi connectivity index (χ1) is 8.36. The first-order valence-corrected chi connectivity index (χ1v) is 6.95. The van der Waals surface area contributed by atoms with E-state index in [9.17, 15) is 0 Å². The lowest BCUT2D eigenvalue weighted by Crippen LogP contribution is -1.93. The molecule has 3 heteroatoms. The predicted octanol–water partition coefficient (Wildman–Crippen LogP) is 4.00. The average molecular weight is 249 g/mol. The zero-order chi connectivity index (χ0) is 11.7. The molecule has 1 aliphatic carbocycles. The molecule has 1 fully saturated rings. The number of aryl methyl sites for hydroxylation is 1. The molecule has 90 valence electrons. The van der Waals surface area contributed by atoms with Crippen LogP contribution in [-0.4, -0.2) is 15.8 Å². The number of hydrogen-bond donors (Lipinski definition) is 1. The van der Waals surface area contributed by atoms with Crippen LogP contribution in [0.3, 0.4) is 0 Å². The minimum Gasteiger partial charge on any atom is -0.342 e. The van der Waals surface area contributed by atoms with Crippen LogP contribution < -0.4 is 0 Å². The Kier molecular flexibility index (Phi) is 3.06. The molecule has 0 spiro atoms. The summed E-state index contributed by atoms with van der Waals surface area (Å²) in [7, 11) is 0. The summed E-state index contributed by atoms with van der Waals surface area (Å²) in [5.74, 6) is 2.51. The van der Waals surface area contributed by atoms with Gasteiger partial charge in [-0.15, -0.1) is 11.6 Å². The van der Waals surface area contributed by atoms with Gasteiger partial charge >= 0.3 is 0 Å². The molecule has 0 atom stereocenters. The van der Waals surface area contributed by atoms with Crippen molar-refractivity contribution in [2.24, 2.45) is 0 Å². The number of halogens is 1. The van der Waals surface area contributed by atoms with E-state index < -0.39 is 0 Å². The molecule has 2 nitrogen and oxygen atoms in total. The number of alkyl halides is 1. The Morgan fingerprint density at radius 2 is 2.12 bits per heavy atom. The minimum atomic E-state index is 0.652. The maximum atomic E-state index is 5.77. The van der Waals surface area contributed by atoms with Gasteiger partial charge in [0.25, 0.3) is 0 Å². The van der Waals surface area contributed by atoms with Crippen LogP contribution in [0.5, 0.6) is 0 Å². The maximum absolute atomic E-state index is 5.77. The number of nitrogens with one attached hydrogen (secondary N) is 1. The fraction of sp³-hybridized carbons (Fsp3) is 0.500. The van der Waals surface area contributed by atoms with Crippen LogP contribution in [0.25, 0.3) is 11.0 Å². The number of hydrogen-bond acceptors (Lipinski definition) is 1. The van der Waals surface area contributed by atoms with E-state index in [1.54, 1.807) is 0 Å². The highest BCUT2D eigenvalue weighted by atomic mass is 35.5. The van der Waals surface area contributed by atoms with Gasteiger partial charge in [0.2, 0.25) is 0 Å². The van der Waals surface area contributed by atoms with Crippen molar-refractivity contribution in [1.82, 2.24) is 9.97 Å². The molecule has 17 heavy (non-hydrogen) atoms. The first-order valence-electron chi connectivity index (χ1n) is 6.41. The third-order valence-corrected chi connectivity index (χ3v) is 3.88. The van der Waals surface area contributed by atoms with Gasteiger partial charge < -0.3 is 4.98 Å². The van der Waals surface area contributed by atoms with Gasteiger partial charge in [-0.05, 0) is 37.0 Å². The van der Waals surface area contributed by atoms with Crippen molar-refractivity contribution in [3.05, 3.63) is 29.6 Å². The van der Waals surface area contributed by atoms with E-state index in [0.717, 1.165) is 17.5 Å². The highest BCUT2D eigenvalue weighted by Crippen LogP contribution is 2.33. The molecule has 1 N–H and O–H groups in total. The van der Waals surface area contributed by atoms with E-state index in [1.165, 1.54) is 37.1 Å². The molecular weight excluding hydrogens is 232 g/mol. The van der Waals surface area contributed by atoms with Crippen LogP contribution in [0.1, 0.15) is 43.0 Å². The van der Waals surface area contributed by atoms with Gasteiger partial charge in [-0.3, -0.25) is 0 Å². The van der Waals surface area contributed by atoms with Crippen LogP contribution in [0, 0.1) is 0 Å². The van der Waals surface area contributed by atoms with Gasteiger partial charge in [0.05, 0.1) is 11.0 Å². The summed E-state index contributed by atoms with van der Waals surface area (Å²) >= 11 is 5.77. The molecule has 1 saturated carbocycles. The van der Waals surface area contributed by atoms with Crippen molar-refractivity contribution in [3.63, 3.8) is 0 Å². The summed E-state index contributed by atoms with van der Waals surface area (Å²) in [6, 6.07) is 6.42. The molecule has 1 aliphatic rings. The Labute approximate surface area is 106 Å². The van der Waals surface area contributed by atoms with Crippen LogP contribution in [0.4, 0.5) is 0 Å². The van der Waals surface area contributed by atoms with Crippen LogP contribution >= 0.6 is 11.6 Å². The second-order valence-corrected chi connectivity index (χ2v) is 5.27.